The van der Waals surface area contributed by atoms with Gasteiger partial charge in [-0.1, -0.05) is 13.8 Å². The molecule has 90 heavy (non-hydrogen) atoms. The Morgan fingerprint density at radius 3 is 1.64 bits per heavy atom. The molecule has 2 aromatic heterocycles. The summed E-state index contributed by atoms with van der Waals surface area (Å²) in [4.78, 5) is 100.0. The Bertz CT molecular complexity index is 2190. The minimum absolute atomic E-state index is 0.00591. The summed E-state index contributed by atoms with van der Waals surface area (Å²) in [7, 11) is 4.73. The van der Waals surface area contributed by atoms with Gasteiger partial charge in [0.15, 0.2) is 30.1 Å². The highest BCUT2D eigenvalue weighted by molar-refractivity contribution is 5.81. The van der Waals surface area contributed by atoms with Crippen molar-refractivity contribution in [3.05, 3.63) is 12.7 Å². The first-order chi connectivity index (χ1) is 43.6. The number of ether oxygens (including phenoxy) is 12. The zero-order valence-electron chi connectivity index (χ0n) is 53.4. The molecule has 32 heteroatoms. The van der Waals surface area contributed by atoms with E-state index in [9.17, 15) is 39.0 Å². The number of nitrogens with one attached hydrogen (secondary N) is 4. The first-order valence-electron chi connectivity index (χ1n) is 30.9. The molecule has 0 spiro atoms. The van der Waals surface area contributed by atoms with Gasteiger partial charge in [-0.15, -0.1) is 5.06 Å². The highest BCUT2D eigenvalue weighted by atomic mass is 16.7. The van der Waals surface area contributed by atoms with Crippen LogP contribution in [0.25, 0.3) is 11.2 Å². The third kappa shape index (κ3) is 35.1. The summed E-state index contributed by atoms with van der Waals surface area (Å²) in [5.74, 6) is -1.15. The van der Waals surface area contributed by atoms with Gasteiger partial charge in [-0.05, 0) is 38.0 Å². The van der Waals surface area contributed by atoms with Crippen LogP contribution in [0.5, 0.6) is 0 Å². The molecule has 0 radical (unpaired) electrons. The number of rotatable bonds is 58. The summed E-state index contributed by atoms with van der Waals surface area (Å²) in [5, 5.41) is 31.9. The lowest BCUT2D eigenvalue weighted by Crippen LogP contribution is -2.59. The van der Waals surface area contributed by atoms with E-state index in [-0.39, 0.29) is 172 Å². The summed E-state index contributed by atoms with van der Waals surface area (Å²) >= 11 is 0. The fraction of sp³-hybridized carbons (Fsp3) is 0.810. The van der Waals surface area contributed by atoms with Crippen molar-refractivity contribution in [1.29, 1.82) is 0 Å². The van der Waals surface area contributed by atoms with E-state index in [2.05, 4.69) is 36.4 Å². The van der Waals surface area contributed by atoms with E-state index >= 15 is 0 Å². The number of imidazole rings is 1. The monoisotopic (exact) mass is 1290 g/mol. The third-order valence-corrected chi connectivity index (χ3v) is 13.2. The van der Waals surface area contributed by atoms with E-state index in [0.717, 1.165) is 5.06 Å². The maximum atomic E-state index is 13.6. The van der Waals surface area contributed by atoms with E-state index in [1.807, 2.05) is 13.8 Å². The van der Waals surface area contributed by atoms with Gasteiger partial charge in [0, 0.05) is 99.0 Å². The molecule has 0 saturated carbocycles. The van der Waals surface area contributed by atoms with Crippen LogP contribution in [0.4, 0.5) is 5.82 Å². The lowest BCUT2D eigenvalue weighted by Gasteiger charge is -2.45. The van der Waals surface area contributed by atoms with Crippen molar-refractivity contribution < 1.29 is 105 Å². The topological polar surface area (TPSA) is 393 Å². The van der Waals surface area contributed by atoms with Gasteiger partial charge in [0.25, 0.3) is 0 Å². The first kappa shape index (κ1) is 79.1. The Morgan fingerprint density at radius 1 is 0.556 bits per heavy atom. The van der Waals surface area contributed by atoms with Crippen LogP contribution in [0.1, 0.15) is 104 Å². The molecule has 1 saturated heterocycles. The molecule has 32 nitrogen and oxygen atoms in total. The number of aliphatic hydroxyl groups is 2. The number of hydrogen-bond donors (Lipinski definition) is 7. The average Bonchev–Trinajstić information content (AvgIpc) is 1.52. The fourth-order valence-electron chi connectivity index (χ4n) is 8.56. The molecular weight excluding hydrogens is 1190 g/mol. The second-order valence-electron chi connectivity index (χ2n) is 21.4. The van der Waals surface area contributed by atoms with E-state index in [0.29, 0.717) is 109 Å². The molecule has 3 rings (SSSR count). The van der Waals surface area contributed by atoms with Crippen LogP contribution in [0, 0.1) is 5.92 Å². The van der Waals surface area contributed by atoms with Gasteiger partial charge < -0.3 is 88.7 Å². The number of aromatic nitrogens is 4. The molecule has 4 atom stereocenters. The number of amides is 4. The highest BCUT2D eigenvalue weighted by Crippen LogP contribution is 2.33. The molecule has 2 aromatic rings. The van der Waals surface area contributed by atoms with E-state index in [1.165, 1.54) is 17.2 Å². The van der Waals surface area contributed by atoms with Crippen molar-refractivity contribution >= 4 is 52.2 Å². The van der Waals surface area contributed by atoms with Crippen LogP contribution in [-0.2, 0) is 95.3 Å². The smallest absolute Gasteiger partial charge is 0.243 e. The number of ketones is 2. The number of Topliss-reactive ketones (excluding diaryl/α,β-unsaturated/α-hetero) is 2. The number of morpholine rings is 1. The van der Waals surface area contributed by atoms with Gasteiger partial charge in [0.2, 0.25) is 23.6 Å². The molecule has 8 N–H and O–H groups in total. The zero-order valence-corrected chi connectivity index (χ0v) is 53.4. The standard InChI is InChI=1S/C58H102N10O22/c1-44(2)38-47-55(75)68(56(76)57(90-47)67-43-64-52-53(59)62-42-63-54(52)67)89-23-9-22-88-66-51(74)13-6-12-48(71)60-18-29-84-37-36-82-26-17-50(73)65-58(39-85-24-14-45(69)10-7-20-80-33-30-77-3,40-86-25-15-46(70)11-8-21-81-34-31-78-4)41-87-27-16-49(72)61-19-28-83-35-32-79-5/h42-44,47,55-57,75-76H,6-41H2,1-5H3,(H,60,71)(H,61,72)(H,65,73)(H,66,74)(H2,59,62,63)/t47-,55?,56?,57-/m1/s1. The SMILES string of the molecule is COCCOCCCC(=O)CCOCC(COCCC(=O)CCCOCCOC)(COCCC(=O)NCCOCCOC)NC(=O)CCOCCOCCNC(=O)CCCC(=O)NOCCCON1C(O)[C@H](n2cnc3c(N)ncnc32)O[C@H](CC(C)C)C1O. The summed E-state index contributed by atoms with van der Waals surface area (Å²) < 4.78 is 68.2. The Morgan fingerprint density at radius 2 is 1.07 bits per heavy atom. The average molecular weight is 1290 g/mol. The lowest BCUT2D eigenvalue weighted by molar-refractivity contribution is -0.390. The molecule has 3 heterocycles. The highest BCUT2D eigenvalue weighted by Gasteiger charge is 2.45. The number of aliphatic hydroxyl groups excluding tert-OH is 2. The molecule has 1 aliphatic rings. The zero-order chi connectivity index (χ0) is 65.5. The number of fused-ring (bicyclic) bond motifs is 1. The number of methoxy groups -OCH3 is 3. The first-order valence-corrected chi connectivity index (χ1v) is 30.9. The number of carbonyl (C=O) groups is 6. The summed E-state index contributed by atoms with van der Waals surface area (Å²) in [6.45, 7) is 8.47. The third-order valence-electron chi connectivity index (χ3n) is 13.2. The van der Waals surface area contributed by atoms with Gasteiger partial charge in [0.1, 0.15) is 35.1 Å². The molecule has 2 unspecified atom stereocenters. The normalized spacial score (nSPS) is 16.2. The molecule has 0 bridgehead atoms. The quantitative estimate of drug-likeness (QED) is 0.0345. The van der Waals surface area contributed by atoms with Gasteiger partial charge in [-0.3, -0.25) is 43.0 Å². The number of hydrogen-bond acceptors (Lipinski definition) is 27. The van der Waals surface area contributed by atoms with Crippen LogP contribution in [0.2, 0.25) is 0 Å². The number of nitrogen functional groups attached to an aromatic ring is 1. The van der Waals surface area contributed by atoms with Crippen LogP contribution < -0.4 is 27.2 Å². The van der Waals surface area contributed by atoms with Crippen molar-refractivity contribution in [3.63, 3.8) is 0 Å². The van der Waals surface area contributed by atoms with Gasteiger partial charge in [-0.25, -0.2) is 20.4 Å². The molecule has 1 aliphatic heterocycles. The minimum atomic E-state index is -1.47. The lowest BCUT2D eigenvalue weighted by atomic mass is 10.0. The second kappa shape index (κ2) is 49.5. The number of hydroxylamine groups is 3. The number of anilines is 1. The number of nitrogens with zero attached hydrogens (tertiary/aromatic N) is 5. The Kier molecular flexibility index (Phi) is 43.5. The minimum Gasteiger partial charge on any atom is -0.382 e. The van der Waals surface area contributed by atoms with Gasteiger partial charge >= 0.3 is 0 Å². The van der Waals surface area contributed by atoms with Crippen molar-refractivity contribution in [3.8, 4) is 0 Å². The molecule has 4 amide bonds. The summed E-state index contributed by atoms with van der Waals surface area (Å²) in [5.41, 5.74) is 7.67. The van der Waals surface area contributed by atoms with Crippen molar-refractivity contribution in [2.45, 2.75) is 128 Å². The maximum absolute atomic E-state index is 13.6. The van der Waals surface area contributed by atoms with Crippen LogP contribution in [-0.4, -0.2) is 267 Å². The summed E-state index contributed by atoms with van der Waals surface area (Å²) in [6.07, 6.45) is 1.08. The van der Waals surface area contributed by atoms with Crippen molar-refractivity contribution in [2.24, 2.45) is 5.92 Å². The number of carbonyl (C=O) groups excluding carboxylic acids is 6. The Hall–Kier alpha value is -5.11. The Balaban J connectivity index is 1.38. The maximum Gasteiger partial charge on any atom is 0.243 e. The molecule has 0 aromatic carbocycles. The van der Waals surface area contributed by atoms with E-state index in [4.69, 9.17) is 72.3 Å². The molecule has 0 aliphatic carbocycles. The van der Waals surface area contributed by atoms with Crippen molar-refractivity contribution in [1.82, 2.24) is 46.0 Å². The Labute approximate surface area is 527 Å². The van der Waals surface area contributed by atoms with E-state index in [1.54, 1.807) is 21.3 Å². The molecule has 1 fully saturated rings. The summed E-state index contributed by atoms with van der Waals surface area (Å²) in [6, 6.07) is 0. The predicted molar refractivity (Wildman–Crippen MR) is 321 cm³/mol. The predicted octanol–water partition coefficient (Wildman–Crippen LogP) is 0.249. The number of nitrogens with two attached hydrogens (primary N) is 1. The van der Waals surface area contributed by atoms with Gasteiger partial charge in [0.05, 0.1) is 132 Å². The van der Waals surface area contributed by atoms with Crippen LogP contribution in [0.15, 0.2) is 12.7 Å². The van der Waals surface area contributed by atoms with Crippen LogP contribution >= 0.6 is 0 Å². The second-order valence-corrected chi connectivity index (χ2v) is 21.4. The van der Waals surface area contributed by atoms with Gasteiger partial charge in [-0.2, -0.15) is 0 Å². The van der Waals surface area contributed by atoms with E-state index < -0.39 is 42.1 Å². The van der Waals surface area contributed by atoms with Crippen molar-refractivity contribution in [2.75, 3.05) is 179 Å². The van der Waals surface area contributed by atoms with Crippen LogP contribution in [0.3, 0.4) is 0 Å². The molecular formula is C58H102N10O22. The largest absolute Gasteiger partial charge is 0.382 e. The molecule has 516 valence electrons. The fourth-order valence-corrected chi connectivity index (χ4v) is 8.56.